The number of fused-ring (bicyclic) bond motifs is 3. The fourth-order valence-corrected chi connectivity index (χ4v) is 2.76. The molecule has 1 aliphatic rings. The number of benzene rings is 2. The van der Waals surface area contributed by atoms with Crippen LogP contribution in [0.2, 0.25) is 0 Å². The summed E-state index contributed by atoms with van der Waals surface area (Å²) < 4.78 is 0. The molecule has 2 aromatic rings. The van der Waals surface area contributed by atoms with Gasteiger partial charge >= 0.3 is 0 Å². The minimum Gasteiger partial charge on any atom is -0.179 e. The van der Waals surface area contributed by atoms with Crippen LogP contribution < -0.4 is 0 Å². The molecule has 0 radical (unpaired) electrons. The average molecular weight is 386 g/mol. The van der Waals surface area contributed by atoms with E-state index in [2.05, 4.69) is 49.4 Å². The molecule has 0 aliphatic heterocycles. The molecule has 84 valence electrons. The molecule has 17 heavy (non-hydrogen) atoms. The van der Waals surface area contributed by atoms with Gasteiger partial charge in [0.15, 0.2) is 0 Å². The topological polar surface area (TPSA) is 0 Å². The van der Waals surface area contributed by atoms with Crippen molar-refractivity contribution in [1.82, 2.24) is 0 Å². The van der Waals surface area contributed by atoms with Crippen molar-refractivity contribution >= 4 is 0 Å². The summed E-state index contributed by atoms with van der Waals surface area (Å²) in [5, 5.41) is 0. The predicted molar refractivity (Wildman–Crippen MR) is 67.5 cm³/mol. The molecular weight excluding hydrogens is 371 g/mol. The summed E-state index contributed by atoms with van der Waals surface area (Å²) in [6.07, 6.45) is 2.45. The van der Waals surface area contributed by atoms with E-state index in [1.54, 1.807) is 0 Å². The Bertz CT molecular complexity index is 471. The van der Waals surface area contributed by atoms with Crippen molar-refractivity contribution < 1.29 is 25.8 Å². The second-order valence-corrected chi connectivity index (χ2v) is 4.43. The smallest absolute Gasteiger partial charge is 0 e. The van der Waals surface area contributed by atoms with Crippen LogP contribution in [0.25, 0.3) is 11.1 Å². The van der Waals surface area contributed by atoms with E-state index in [-0.39, 0.29) is 25.8 Å². The molecule has 0 spiro atoms. The summed E-state index contributed by atoms with van der Waals surface area (Å²) in [5.74, 6) is 0.567. The van der Waals surface area contributed by atoms with Gasteiger partial charge in [0.25, 0.3) is 0 Å². The zero-order valence-electron chi connectivity index (χ0n) is 10.0. The molecule has 0 heterocycles. The summed E-state index contributed by atoms with van der Waals surface area (Å²) in [6, 6.07) is 18.6. The normalized spacial score (nSPS) is 15.9. The van der Waals surface area contributed by atoms with Crippen LogP contribution in [0.1, 0.15) is 36.8 Å². The zero-order chi connectivity index (χ0) is 11.0. The van der Waals surface area contributed by atoms with Gasteiger partial charge in [-0.3, -0.25) is 0 Å². The van der Waals surface area contributed by atoms with E-state index >= 15 is 0 Å². The van der Waals surface area contributed by atoms with Crippen LogP contribution in [0.4, 0.5) is 0 Å². The molecule has 0 fully saturated rings. The van der Waals surface area contributed by atoms with Crippen LogP contribution in [0.15, 0.2) is 42.5 Å². The molecule has 1 heteroatoms. The first-order chi connectivity index (χ1) is 7.92. The Morgan fingerprint density at radius 3 is 2.65 bits per heavy atom. The monoisotopic (exact) mass is 387 g/mol. The van der Waals surface area contributed by atoms with Gasteiger partial charge in [-0.1, -0.05) is 43.2 Å². The van der Waals surface area contributed by atoms with Crippen molar-refractivity contribution in [3.05, 3.63) is 59.7 Å². The second-order valence-electron chi connectivity index (χ2n) is 4.43. The minimum absolute atomic E-state index is 0. The van der Waals surface area contributed by atoms with Gasteiger partial charge in [-0.2, -0.15) is 24.3 Å². The van der Waals surface area contributed by atoms with E-state index in [0.717, 1.165) is 0 Å². The molecule has 1 unspecified atom stereocenters. The SMILES string of the molecule is CCCC1c2[c-]cccc2-c2ccccc21.[Hf]. The number of rotatable bonds is 2. The average Bonchev–Trinajstić information content (AvgIpc) is 2.66. The zero-order valence-corrected chi connectivity index (χ0v) is 13.6. The Labute approximate surface area is 122 Å². The molecule has 1 atom stereocenters. The second kappa shape index (κ2) is 5.31. The van der Waals surface area contributed by atoms with E-state index < -0.39 is 0 Å². The number of hydrogen-bond donors (Lipinski definition) is 0. The number of hydrogen-bond acceptors (Lipinski definition) is 0. The Kier molecular flexibility index (Phi) is 3.98. The van der Waals surface area contributed by atoms with E-state index in [9.17, 15) is 0 Å². The predicted octanol–water partition coefficient (Wildman–Crippen LogP) is 4.40. The van der Waals surface area contributed by atoms with E-state index in [1.807, 2.05) is 6.07 Å². The maximum atomic E-state index is 3.43. The van der Waals surface area contributed by atoms with Crippen LogP contribution in [-0.2, 0) is 25.8 Å². The Hall–Kier alpha value is -0.690. The molecule has 0 bridgehead atoms. The van der Waals surface area contributed by atoms with Crippen molar-refractivity contribution in [3.63, 3.8) is 0 Å². The van der Waals surface area contributed by atoms with Crippen LogP contribution >= 0.6 is 0 Å². The minimum atomic E-state index is 0. The third-order valence-corrected chi connectivity index (χ3v) is 3.44. The third kappa shape index (κ3) is 2.06. The summed E-state index contributed by atoms with van der Waals surface area (Å²) >= 11 is 0. The maximum Gasteiger partial charge on any atom is 0 e. The molecule has 0 nitrogen and oxygen atoms in total. The van der Waals surface area contributed by atoms with Gasteiger partial charge in [-0.15, -0.1) is 11.1 Å². The van der Waals surface area contributed by atoms with E-state index in [1.165, 1.54) is 35.1 Å². The van der Waals surface area contributed by atoms with Crippen LogP contribution in [0, 0.1) is 6.07 Å². The van der Waals surface area contributed by atoms with Gasteiger partial charge in [0, 0.05) is 25.8 Å². The van der Waals surface area contributed by atoms with Crippen molar-refractivity contribution in [2.75, 3.05) is 0 Å². The summed E-state index contributed by atoms with van der Waals surface area (Å²) in [4.78, 5) is 0. The van der Waals surface area contributed by atoms with Crippen molar-refractivity contribution in [2.45, 2.75) is 25.7 Å². The molecule has 0 saturated heterocycles. The van der Waals surface area contributed by atoms with E-state index in [4.69, 9.17) is 0 Å². The summed E-state index contributed by atoms with van der Waals surface area (Å²) in [5.41, 5.74) is 5.68. The maximum absolute atomic E-state index is 3.43. The first-order valence-electron chi connectivity index (χ1n) is 6.01. The van der Waals surface area contributed by atoms with Crippen LogP contribution in [0.5, 0.6) is 0 Å². The van der Waals surface area contributed by atoms with Gasteiger partial charge < -0.3 is 0 Å². The summed E-state index contributed by atoms with van der Waals surface area (Å²) in [7, 11) is 0. The quantitative estimate of drug-likeness (QED) is 0.531. The van der Waals surface area contributed by atoms with E-state index in [0.29, 0.717) is 5.92 Å². The summed E-state index contributed by atoms with van der Waals surface area (Å²) in [6.45, 7) is 2.25. The van der Waals surface area contributed by atoms with Crippen molar-refractivity contribution in [2.24, 2.45) is 0 Å². The van der Waals surface area contributed by atoms with Gasteiger partial charge in [0.05, 0.1) is 0 Å². The van der Waals surface area contributed by atoms with Crippen LogP contribution in [0.3, 0.4) is 0 Å². The molecular formula is C16H15Hf-. The van der Waals surface area contributed by atoms with Crippen molar-refractivity contribution in [3.8, 4) is 11.1 Å². The largest absolute Gasteiger partial charge is 0.179 e. The van der Waals surface area contributed by atoms with Crippen molar-refractivity contribution in [1.29, 1.82) is 0 Å². The standard InChI is InChI=1S/C16H15.Hf/c1-2-7-12-13-8-3-5-10-15(13)16-11-6-4-9-14(12)16;/h3-6,8,10-12H,2,7H2,1H3;/q-1;. The van der Waals surface area contributed by atoms with Crippen LogP contribution in [-0.4, -0.2) is 0 Å². The van der Waals surface area contributed by atoms with Gasteiger partial charge in [0.1, 0.15) is 0 Å². The molecule has 3 rings (SSSR count). The first kappa shape index (κ1) is 12.8. The molecule has 1 aliphatic carbocycles. The molecule has 0 saturated carbocycles. The third-order valence-electron chi connectivity index (χ3n) is 3.44. The van der Waals surface area contributed by atoms with Gasteiger partial charge in [-0.05, 0) is 17.9 Å². The Morgan fingerprint density at radius 2 is 1.82 bits per heavy atom. The fraction of sp³-hybridized carbons (Fsp3) is 0.250. The van der Waals surface area contributed by atoms with Gasteiger partial charge in [0.2, 0.25) is 0 Å². The molecule has 0 amide bonds. The molecule has 0 aromatic heterocycles. The Balaban J connectivity index is 0.00000108. The first-order valence-corrected chi connectivity index (χ1v) is 6.01. The molecule has 0 N–H and O–H groups in total. The molecule has 2 aromatic carbocycles. The van der Waals surface area contributed by atoms with Gasteiger partial charge in [-0.25, -0.2) is 0 Å². The Morgan fingerprint density at radius 1 is 1.06 bits per heavy atom. The fourth-order valence-electron chi connectivity index (χ4n) is 2.76.